The van der Waals surface area contributed by atoms with Crippen LogP contribution in [0.4, 0.5) is 0 Å². The highest BCUT2D eigenvalue weighted by Gasteiger charge is 2.12. The Morgan fingerprint density at radius 1 is 1.39 bits per heavy atom. The highest BCUT2D eigenvalue weighted by molar-refractivity contribution is 5.59. The van der Waals surface area contributed by atoms with E-state index >= 15 is 0 Å². The summed E-state index contributed by atoms with van der Waals surface area (Å²) in [5, 5.41) is 3.48. The molecule has 0 aromatic heterocycles. The molecule has 1 aromatic carbocycles. The lowest BCUT2D eigenvalue weighted by molar-refractivity contribution is 0.174. The Morgan fingerprint density at radius 2 is 2.17 bits per heavy atom. The van der Waals surface area contributed by atoms with Gasteiger partial charge in [0, 0.05) is 6.04 Å². The van der Waals surface area contributed by atoms with Gasteiger partial charge in [0.2, 0.25) is 6.79 Å². The Bertz CT molecular complexity index is 440. The number of hydrogen-bond acceptors (Lipinski definition) is 3. The molecule has 0 saturated heterocycles. The first-order valence-electron chi connectivity index (χ1n) is 6.52. The largest absolute Gasteiger partial charge is 0.454 e. The quantitative estimate of drug-likeness (QED) is 0.866. The number of ether oxygens (including phenoxy) is 2. The molecule has 0 fully saturated rings. The van der Waals surface area contributed by atoms with Gasteiger partial charge in [-0.1, -0.05) is 24.6 Å². The van der Waals surface area contributed by atoms with Crippen molar-refractivity contribution in [1.29, 1.82) is 0 Å². The predicted molar refractivity (Wildman–Crippen MR) is 74.0 cm³/mol. The molecule has 3 heteroatoms. The fraction of sp³-hybridized carbons (Fsp3) is 0.467. The molecule has 3 nitrogen and oxygen atoms in total. The topological polar surface area (TPSA) is 30.5 Å². The van der Waals surface area contributed by atoms with Gasteiger partial charge in [-0.2, -0.15) is 0 Å². The van der Waals surface area contributed by atoms with Crippen molar-refractivity contribution in [3.63, 3.8) is 0 Å². The van der Waals surface area contributed by atoms with Crippen molar-refractivity contribution in [3.05, 3.63) is 29.3 Å². The first kappa shape index (κ1) is 13.0. The molecule has 0 amide bonds. The second-order valence-electron chi connectivity index (χ2n) is 4.68. The summed E-state index contributed by atoms with van der Waals surface area (Å²) in [6, 6.07) is 6.45. The lowest BCUT2D eigenvalue weighted by Crippen LogP contribution is -2.27. The van der Waals surface area contributed by atoms with Crippen LogP contribution in [0.25, 0.3) is 6.08 Å². The summed E-state index contributed by atoms with van der Waals surface area (Å²) in [4.78, 5) is 0. The Kier molecular flexibility index (Phi) is 4.26. The van der Waals surface area contributed by atoms with Gasteiger partial charge in [0.1, 0.15) is 0 Å². The van der Waals surface area contributed by atoms with E-state index in [1.54, 1.807) is 0 Å². The van der Waals surface area contributed by atoms with Crippen molar-refractivity contribution >= 4 is 6.08 Å². The van der Waals surface area contributed by atoms with Crippen LogP contribution in [0, 0.1) is 0 Å². The second-order valence-corrected chi connectivity index (χ2v) is 4.68. The fourth-order valence-corrected chi connectivity index (χ4v) is 1.91. The van der Waals surface area contributed by atoms with Gasteiger partial charge in [-0.25, -0.2) is 0 Å². The molecule has 1 atom stereocenters. The fourth-order valence-electron chi connectivity index (χ4n) is 1.91. The minimum atomic E-state index is 0.329. The minimum absolute atomic E-state index is 0.329. The molecular formula is C15H21NO2. The first-order chi connectivity index (χ1) is 8.70. The number of rotatable bonds is 5. The highest BCUT2D eigenvalue weighted by atomic mass is 16.7. The monoisotopic (exact) mass is 247 g/mol. The van der Waals surface area contributed by atoms with Crippen LogP contribution in [0.1, 0.15) is 32.8 Å². The van der Waals surface area contributed by atoms with Crippen molar-refractivity contribution in [3.8, 4) is 11.5 Å². The van der Waals surface area contributed by atoms with Crippen LogP contribution in [0.2, 0.25) is 0 Å². The molecule has 2 rings (SSSR count). The summed E-state index contributed by atoms with van der Waals surface area (Å²) in [5.74, 6) is 1.67. The maximum Gasteiger partial charge on any atom is 0.231 e. The number of nitrogens with one attached hydrogen (secondary N) is 1. The third-order valence-corrected chi connectivity index (χ3v) is 3.17. The molecule has 1 unspecified atom stereocenters. The Labute approximate surface area is 109 Å². The van der Waals surface area contributed by atoms with E-state index in [0.29, 0.717) is 12.8 Å². The van der Waals surface area contributed by atoms with Gasteiger partial charge >= 0.3 is 0 Å². The zero-order valence-electron chi connectivity index (χ0n) is 11.3. The van der Waals surface area contributed by atoms with Crippen LogP contribution >= 0.6 is 0 Å². The summed E-state index contributed by atoms with van der Waals surface area (Å²) in [7, 11) is 0. The molecule has 1 N–H and O–H groups in total. The van der Waals surface area contributed by atoms with Crippen LogP contribution in [-0.2, 0) is 0 Å². The molecule has 0 spiro atoms. The Balaban J connectivity index is 2.07. The smallest absolute Gasteiger partial charge is 0.231 e. The van der Waals surface area contributed by atoms with E-state index in [-0.39, 0.29) is 0 Å². The summed E-state index contributed by atoms with van der Waals surface area (Å²) in [6.07, 6.45) is 3.34. The van der Waals surface area contributed by atoms with Crippen molar-refractivity contribution in [2.75, 3.05) is 13.3 Å². The maximum atomic E-state index is 5.38. The molecule has 1 aromatic rings. The lowest BCUT2D eigenvalue weighted by Gasteiger charge is -2.14. The number of fused-ring (bicyclic) bond motifs is 1. The third-order valence-electron chi connectivity index (χ3n) is 3.17. The van der Waals surface area contributed by atoms with E-state index in [9.17, 15) is 0 Å². The lowest BCUT2D eigenvalue weighted by atomic mass is 10.1. The van der Waals surface area contributed by atoms with Gasteiger partial charge in [-0.05, 0) is 44.5 Å². The van der Waals surface area contributed by atoms with E-state index in [0.717, 1.165) is 30.0 Å². The molecule has 0 radical (unpaired) electrons. The van der Waals surface area contributed by atoms with Crippen LogP contribution in [-0.4, -0.2) is 19.4 Å². The van der Waals surface area contributed by atoms with Gasteiger partial charge < -0.3 is 14.8 Å². The Hall–Kier alpha value is -1.48. The van der Waals surface area contributed by atoms with Gasteiger partial charge in [-0.3, -0.25) is 0 Å². The van der Waals surface area contributed by atoms with Gasteiger partial charge in [0.25, 0.3) is 0 Å². The first-order valence-corrected chi connectivity index (χ1v) is 6.52. The van der Waals surface area contributed by atoms with Crippen molar-refractivity contribution in [1.82, 2.24) is 5.32 Å². The minimum Gasteiger partial charge on any atom is -0.454 e. The molecule has 0 bridgehead atoms. The van der Waals surface area contributed by atoms with E-state index in [1.165, 1.54) is 5.57 Å². The zero-order chi connectivity index (χ0) is 13.0. The molecule has 98 valence electrons. The standard InChI is InChI=1S/C15H21NO2/c1-4-7-16-12(3)11(2)8-13-5-6-14-15(9-13)18-10-17-14/h5-6,8-9,12,16H,4,7,10H2,1-3H3/b11-8+. The highest BCUT2D eigenvalue weighted by Crippen LogP contribution is 2.33. The SMILES string of the molecule is CCCNC(C)/C(C)=C/c1ccc2c(c1)OCO2. The average Bonchev–Trinajstić information content (AvgIpc) is 2.83. The van der Waals surface area contributed by atoms with Crippen molar-refractivity contribution in [2.45, 2.75) is 33.2 Å². The molecule has 1 aliphatic rings. The van der Waals surface area contributed by atoms with Crippen molar-refractivity contribution in [2.24, 2.45) is 0 Å². The van der Waals surface area contributed by atoms with Gasteiger partial charge in [-0.15, -0.1) is 0 Å². The molecular weight excluding hydrogens is 226 g/mol. The summed E-state index contributed by atoms with van der Waals surface area (Å²) in [6.45, 7) is 7.90. The average molecular weight is 247 g/mol. The summed E-state index contributed by atoms with van der Waals surface area (Å²) >= 11 is 0. The molecule has 1 heterocycles. The van der Waals surface area contributed by atoms with E-state index in [2.05, 4.69) is 38.2 Å². The second kappa shape index (κ2) is 5.91. The van der Waals surface area contributed by atoms with E-state index < -0.39 is 0 Å². The number of benzene rings is 1. The summed E-state index contributed by atoms with van der Waals surface area (Å²) < 4.78 is 10.7. The molecule has 0 aliphatic carbocycles. The van der Waals surface area contributed by atoms with Gasteiger partial charge in [0.15, 0.2) is 11.5 Å². The van der Waals surface area contributed by atoms with E-state index in [4.69, 9.17) is 9.47 Å². The van der Waals surface area contributed by atoms with Gasteiger partial charge in [0.05, 0.1) is 0 Å². The van der Waals surface area contributed by atoms with E-state index in [1.807, 2.05) is 12.1 Å². The number of hydrogen-bond donors (Lipinski definition) is 1. The predicted octanol–water partition coefficient (Wildman–Crippen LogP) is 3.21. The maximum absolute atomic E-state index is 5.38. The zero-order valence-corrected chi connectivity index (χ0v) is 11.3. The normalized spacial score (nSPS) is 15.8. The van der Waals surface area contributed by atoms with Crippen molar-refractivity contribution < 1.29 is 9.47 Å². The molecule has 1 aliphatic heterocycles. The van der Waals surface area contributed by atoms with Crippen LogP contribution in [0.5, 0.6) is 11.5 Å². The Morgan fingerprint density at radius 3 is 2.94 bits per heavy atom. The third kappa shape index (κ3) is 3.05. The van der Waals surface area contributed by atoms with Crippen LogP contribution < -0.4 is 14.8 Å². The van der Waals surface area contributed by atoms with Crippen LogP contribution in [0.15, 0.2) is 23.8 Å². The van der Waals surface area contributed by atoms with Crippen LogP contribution in [0.3, 0.4) is 0 Å². The molecule has 0 saturated carbocycles. The molecule has 18 heavy (non-hydrogen) atoms. The summed E-state index contributed by atoms with van der Waals surface area (Å²) in [5.41, 5.74) is 2.48.